The Morgan fingerprint density at radius 2 is 2.09 bits per heavy atom. The van der Waals surface area contributed by atoms with Crippen LogP contribution in [-0.2, 0) is 11.3 Å². The minimum atomic E-state index is -4.52. The van der Waals surface area contributed by atoms with Crippen molar-refractivity contribution in [1.82, 2.24) is 14.3 Å². The third kappa shape index (κ3) is 3.28. The molecule has 0 radical (unpaired) electrons. The summed E-state index contributed by atoms with van der Waals surface area (Å²) in [6.07, 6.45) is -1.20. The van der Waals surface area contributed by atoms with Gasteiger partial charge in [0.15, 0.2) is 0 Å². The molecule has 0 aliphatic carbocycles. The minimum Gasteiger partial charge on any atom is -0.481 e. The van der Waals surface area contributed by atoms with Crippen molar-refractivity contribution in [2.75, 3.05) is 13.1 Å². The van der Waals surface area contributed by atoms with Crippen LogP contribution < -0.4 is 0 Å². The van der Waals surface area contributed by atoms with Crippen LogP contribution in [0.1, 0.15) is 5.69 Å². The Balaban J connectivity index is 1.78. The van der Waals surface area contributed by atoms with E-state index in [0.29, 0.717) is 16.4 Å². The number of hydrogen-bond donors (Lipinski definition) is 1. The standard InChI is InChI=1S/C14H13ClF3N3O2/c15-8-1-2-12-19-9(5-21(12)3-8)4-20-6-10(13(22)23)11(7-20)14(16,17)18/h1-3,5,10-11H,4,6-7H2,(H,22,23)/t10-,11-/m1/s1. The summed E-state index contributed by atoms with van der Waals surface area (Å²) in [5.74, 6) is -4.72. The first-order valence-electron chi connectivity index (χ1n) is 6.89. The van der Waals surface area contributed by atoms with E-state index in [-0.39, 0.29) is 19.6 Å². The van der Waals surface area contributed by atoms with E-state index in [1.807, 2.05) is 0 Å². The molecule has 2 aromatic rings. The third-order valence-electron chi connectivity index (χ3n) is 3.98. The number of aliphatic carboxylic acids is 1. The number of nitrogens with zero attached hydrogens (tertiary/aromatic N) is 3. The van der Waals surface area contributed by atoms with E-state index in [1.54, 1.807) is 28.9 Å². The molecule has 2 atom stereocenters. The van der Waals surface area contributed by atoms with Gasteiger partial charge in [0, 0.05) is 32.0 Å². The Morgan fingerprint density at radius 3 is 2.70 bits per heavy atom. The summed E-state index contributed by atoms with van der Waals surface area (Å²) in [7, 11) is 0. The molecule has 3 heterocycles. The number of rotatable bonds is 3. The van der Waals surface area contributed by atoms with E-state index in [2.05, 4.69) is 4.98 Å². The molecule has 1 saturated heterocycles. The van der Waals surface area contributed by atoms with E-state index in [9.17, 15) is 18.0 Å². The summed E-state index contributed by atoms with van der Waals surface area (Å²) in [5.41, 5.74) is 1.20. The van der Waals surface area contributed by atoms with E-state index < -0.39 is 24.0 Å². The molecular weight excluding hydrogens is 335 g/mol. The molecule has 0 spiro atoms. The molecule has 0 aromatic carbocycles. The van der Waals surface area contributed by atoms with Gasteiger partial charge in [-0.05, 0) is 12.1 Å². The second-order valence-corrected chi connectivity index (χ2v) is 6.07. The quantitative estimate of drug-likeness (QED) is 0.927. The van der Waals surface area contributed by atoms with E-state index in [1.165, 1.54) is 4.90 Å². The van der Waals surface area contributed by atoms with Crippen LogP contribution in [0.2, 0.25) is 5.02 Å². The zero-order valence-electron chi connectivity index (χ0n) is 11.8. The number of alkyl halides is 3. The maximum Gasteiger partial charge on any atom is 0.393 e. The van der Waals surface area contributed by atoms with Crippen LogP contribution in [0.4, 0.5) is 13.2 Å². The fourth-order valence-electron chi connectivity index (χ4n) is 2.92. The van der Waals surface area contributed by atoms with Gasteiger partial charge in [0.05, 0.1) is 22.6 Å². The zero-order valence-corrected chi connectivity index (χ0v) is 12.6. The molecule has 0 unspecified atom stereocenters. The maximum atomic E-state index is 13.0. The smallest absolute Gasteiger partial charge is 0.393 e. The highest BCUT2D eigenvalue weighted by atomic mass is 35.5. The lowest BCUT2D eigenvalue weighted by Gasteiger charge is -2.18. The van der Waals surface area contributed by atoms with Crippen molar-refractivity contribution in [2.24, 2.45) is 11.8 Å². The second kappa shape index (κ2) is 5.68. The number of carbonyl (C=O) groups is 1. The van der Waals surface area contributed by atoms with Crippen LogP contribution in [0.5, 0.6) is 0 Å². The Bertz CT molecular complexity index is 746. The van der Waals surface area contributed by atoms with Gasteiger partial charge in [-0.15, -0.1) is 0 Å². The monoisotopic (exact) mass is 347 g/mol. The van der Waals surface area contributed by atoms with Crippen LogP contribution in [-0.4, -0.2) is 44.6 Å². The summed E-state index contributed by atoms with van der Waals surface area (Å²) in [6.45, 7) is -0.321. The molecule has 1 fully saturated rings. The number of hydrogen-bond acceptors (Lipinski definition) is 3. The molecule has 0 bridgehead atoms. The lowest BCUT2D eigenvalue weighted by Crippen LogP contribution is -2.33. The second-order valence-electron chi connectivity index (χ2n) is 5.63. The summed E-state index contributed by atoms with van der Waals surface area (Å²) >= 11 is 5.87. The van der Waals surface area contributed by atoms with E-state index in [4.69, 9.17) is 16.7 Å². The van der Waals surface area contributed by atoms with Crippen molar-refractivity contribution in [3.05, 3.63) is 35.2 Å². The number of likely N-dealkylation sites (tertiary alicyclic amines) is 1. The van der Waals surface area contributed by atoms with Crippen LogP contribution >= 0.6 is 11.6 Å². The molecule has 0 amide bonds. The van der Waals surface area contributed by atoms with Crippen molar-refractivity contribution in [2.45, 2.75) is 12.7 Å². The van der Waals surface area contributed by atoms with Crippen LogP contribution in [0.15, 0.2) is 24.5 Å². The SMILES string of the molecule is O=C(O)[C@@H]1CN(Cc2cn3cc(Cl)ccc3n2)C[C@H]1C(F)(F)F. The van der Waals surface area contributed by atoms with Gasteiger partial charge < -0.3 is 9.51 Å². The number of halogens is 4. The Hall–Kier alpha value is -1.80. The lowest BCUT2D eigenvalue weighted by molar-refractivity contribution is -0.188. The van der Waals surface area contributed by atoms with Crippen molar-refractivity contribution in [1.29, 1.82) is 0 Å². The number of aromatic nitrogens is 2. The molecule has 2 aromatic heterocycles. The Labute approximate surface area is 134 Å². The summed E-state index contributed by atoms with van der Waals surface area (Å²) in [4.78, 5) is 16.9. The number of carboxylic acid groups (broad SMARTS) is 1. The van der Waals surface area contributed by atoms with Crippen LogP contribution in [0, 0.1) is 11.8 Å². The third-order valence-corrected chi connectivity index (χ3v) is 4.21. The van der Waals surface area contributed by atoms with E-state index >= 15 is 0 Å². The van der Waals surface area contributed by atoms with Gasteiger partial charge in [0.25, 0.3) is 0 Å². The molecule has 1 N–H and O–H groups in total. The first-order chi connectivity index (χ1) is 10.7. The molecule has 9 heteroatoms. The Kier molecular flexibility index (Phi) is 3.97. The van der Waals surface area contributed by atoms with Gasteiger partial charge in [-0.1, -0.05) is 11.6 Å². The summed E-state index contributed by atoms with van der Waals surface area (Å²) < 4.78 is 40.6. The fourth-order valence-corrected chi connectivity index (χ4v) is 3.09. The molecule has 3 rings (SSSR count). The normalized spacial score (nSPS) is 22.8. The number of carboxylic acids is 1. The number of fused-ring (bicyclic) bond motifs is 1. The number of pyridine rings is 1. The van der Waals surface area contributed by atoms with Crippen molar-refractivity contribution in [3.63, 3.8) is 0 Å². The molecular formula is C14H13ClF3N3O2. The highest BCUT2D eigenvalue weighted by Crippen LogP contribution is 2.38. The fraction of sp³-hybridized carbons (Fsp3) is 0.429. The highest BCUT2D eigenvalue weighted by Gasteiger charge is 2.52. The zero-order chi connectivity index (χ0) is 16.8. The van der Waals surface area contributed by atoms with Gasteiger partial charge in [0.1, 0.15) is 5.65 Å². The van der Waals surface area contributed by atoms with Gasteiger partial charge in [0.2, 0.25) is 0 Å². The van der Waals surface area contributed by atoms with Gasteiger partial charge in [-0.3, -0.25) is 9.69 Å². The maximum absolute atomic E-state index is 13.0. The minimum absolute atomic E-state index is 0.145. The average molecular weight is 348 g/mol. The summed E-state index contributed by atoms with van der Waals surface area (Å²) in [5, 5.41) is 9.53. The van der Waals surface area contributed by atoms with Crippen molar-refractivity contribution >= 4 is 23.2 Å². The Morgan fingerprint density at radius 1 is 1.35 bits per heavy atom. The predicted molar refractivity (Wildman–Crippen MR) is 76.1 cm³/mol. The lowest BCUT2D eigenvalue weighted by atomic mass is 9.96. The van der Waals surface area contributed by atoms with Crippen LogP contribution in [0.3, 0.4) is 0 Å². The molecule has 124 valence electrons. The average Bonchev–Trinajstić information content (AvgIpc) is 3.01. The van der Waals surface area contributed by atoms with Gasteiger partial charge in [-0.25, -0.2) is 4.98 Å². The van der Waals surface area contributed by atoms with Crippen molar-refractivity contribution < 1.29 is 23.1 Å². The largest absolute Gasteiger partial charge is 0.481 e. The molecule has 23 heavy (non-hydrogen) atoms. The number of imidazole rings is 1. The predicted octanol–water partition coefficient (Wildman–Crippen LogP) is 2.68. The molecule has 1 aliphatic rings. The first-order valence-corrected chi connectivity index (χ1v) is 7.27. The topological polar surface area (TPSA) is 57.8 Å². The molecule has 1 aliphatic heterocycles. The van der Waals surface area contributed by atoms with Gasteiger partial charge >= 0.3 is 12.1 Å². The first kappa shape index (κ1) is 16.1. The summed E-state index contributed by atoms with van der Waals surface area (Å²) in [6, 6.07) is 3.37. The van der Waals surface area contributed by atoms with Crippen LogP contribution in [0.25, 0.3) is 5.65 Å². The van der Waals surface area contributed by atoms with Gasteiger partial charge in [-0.2, -0.15) is 13.2 Å². The van der Waals surface area contributed by atoms with Crippen molar-refractivity contribution in [3.8, 4) is 0 Å². The van der Waals surface area contributed by atoms with E-state index in [0.717, 1.165) is 0 Å². The molecule has 5 nitrogen and oxygen atoms in total. The highest BCUT2D eigenvalue weighted by molar-refractivity contribution is 6.30. The molecule has 0 saturated carbocycles.